The number of sulfonamides is 1. The van der Waals surface area contributed by atoms with Crippen molar-refractivity contribution in [2.24, 2.45) is 0 Å². The highest BCUT2D eigenvalue weighted by molar-refractivity contribution is 7.89. The summed E-state index contributed by atoms with van der Waals surface area (Å²) < 4.78 is 26.7. The van der Waals surface area contributed by atoms with Crippen molar-refractivity contribution >= 4 is 21.6 Å². The number of carbonyl (C=O) groups excluding carboxylic acids is 1. The quantitative estimate of drug-likeness (QED) is 0.730. The third kappa shape index (κ3) is 3.05. The van der Waals surface area contributed by atoms with Gasteiger partial charge in [-0.15, -0.1) is 0 Å². The van der Waals surface area contributed by atoms with Crippen molar-refractivity contribution in [3.05, 3.63) is 23.8 Å². The molecule has 1 aromatic rings. The van der Waals surface area contributed by atoms with Gasteiger partial charge in [0.1, 0.15) is 0 Å². The van der Waals surface area contributed by atoms with Crippen LogP contribution in [0.5, 0.6) is 0 Å². The molecule has 0 saturated heterocycles. The van der Waals surface area contributed by atoms with Crippen molar-refractivity contribution in [3.63, 3.8) is 0 Å². The summed E-state index contributed by atoms with van der Waals surface area (Å²) in [6.07, 6.45) is 1.62. The van der Waals surface area contributed by atoms with Crippen LogP contribution in [-0.2, 0) is 21.2 Å². The van der Waals surface area contributed by atoms with Gasteiger partial charge in [-0.2, -0.15) is 0 Å². The number of anilines is 1. The number of amides is 1. The first-order valence-electron chi connectivity index (χ1n) is 6.10. The zero-order valence-electron chi connectivity index (χ0n) is 10.7. The summed E-state index contributed by atoms with van der Waals surface area (Å²) in [5.41, 5.74) is 1.65. The van der Waals surface area contributed by atoms with Crippen LogP contribution in [0.4, 0.5) is 5.69 Å². The zero-order valence-corrected chi connectivity index (χ0v) is 11.5. The number of rotatable bonds is 4. The van der Waals surface area contributed by atoms with Crippen LogP contribution >= 0.6 is 0 Å². The number of hydrogen-bond donors (Lipinski definition) is 3. The molecule has 104 valence electrons. The first kappa shape index (κ1) is 13.8. The lowest BCUT2D eigenvalue weighted by Gasteiger charge is -2.20. The molecule has 1 amide bonds. The standard InChI is InChI=1S/C12H17N3O3S/c1-13-12(16)8-15-19(17,18)11-6-2-5-10-9(11)4-3-7-14-10/h2,5-6,14-15H,3-4,7-8H2,1H3,(H,13,16). The van der Waals surface area contributed by atoms with Crippen LogP contribution in [0, 0.1) is 0 Å². The van der Waals surface area contributed by atoms with Crippen molar-refractivity contribution in [1.29, 1.82) is 0 Å². The van der Waals surface area contributed by atoms with E-state index in [2.05, 4.69) is 15.4 Å². The number of benzene rings is 1. The van der Waals surface area contributed by atoms with Crippen LogP contribution in [0.25, 0.3) is 0 Å². The Morgan fingerprint density at radius 3 is 2.95 bits per heavy atom. The van der Waals surface area contributed by atoms with E-state index in [1.165, 1.54) is 7.05 Å². The molecule has 3 N–H and O–H groups in total. The van der Waals surface area contributed by atoms with Crippen molar-refractivity contribution in [2.75, 3.05) is 25.5 Å². The lowest BCUT2D eigenvalue weighted by Crippen LogP contribution is -2.35. The average Bonchev–Trinajstić information content (AvgIpc) is 2.44. The molecule has 0 aliphatic carbocycles. The van der Waals surface area contributed by atoms with E-state index < -0.39 is 10.0 Å². The minimum Gasteiger partial charge on any atom is -0.385 e. The molecule has 1 aliphatic rings. The molecule has 0 atom stereocenters. The van der Waals surface area contributed by atoms with Crippen LogP contribution in [-0.4, -0.2) is 34.5 Å². The summed E-state index contributed by atoms with van der Waals surface area (Å²) in [7, 11) is -2.19. The average molecular weight is 283 g/mol. The molecule has 19 heavy (non-hydrogen) atoms. The summed E-state index contributed by atoms with van der Waals surface area (Å²) in [5, 5.41) is 5.55. The Morgan fingerprint density at radius 2 is 2.21 bits per heavy atom. The summed E-state index contributed by atoms with van der Waals surface area (Å²) in [5.74, 6) is -0.369. The van der Waals surface area contributed by atoms with Gasteiger partial charge in [-0.1, -0.05) is 6.07 Å². The van der Waals surface area contributed by atoms with Crippen LogP contribution in [0.1, 0.15) is 12.0 Å². The van der Waals surface area contributed by atoms with E-state index in [1.54, 1.807) is 12.1 Å². The second kappa shape index (κ2) is 5.58. The van der Waals surface area contributed by atoms with Crippen molar-refractivity contribution < 1.29 is 13.2 Å². The first-order valence-corrected chi connectivity index (χ1v) is 7.59. The van der Waals surface area contributed by atoms with Crippen molar-refractivity contribution in [3.8, 4) is 0 Å². The number of nitrogens with one attached hydrogen (secondary N) is 3. The monoisotopic (exact) mass is 283 g/mol. The maximum absolute atomic E-state index is 12.2. The molecule has 1 heterocycles. The van der Waals surface area contributed by atoms with Crippen molar-refractivity contribution in [2.45, 2.75) is 17.7 Å². The number of fused-ring (bicyclic) bond motifs is 1. The lowest BCUT2D eigenvalue weighted by atomic mass is 10.0. The second-order valence-corrected chi connectivity index (χ2v) is 6.05. The Labute approximate surface area is 112 Å². The Hall–Kier alpha value is -1.60. The molecule has 2 rings (SSSR count). The van der Waals surface area contributed by atoms with E-state index in [9.17, 15) is 13.2 Å². The fourth-order valence-corrected chi connectivity index (χ4v) is 3.33. The van der Waals surface area contributed by atoms with Crippen LogP contribution in [0.15, 0.2) is 23.1 Å². The van der Waals surface area contributed by atoms with Crippen LogP contribution in [0.3, 0.4) is 0 Å². The molecule has 7 heteroatoms. The number of likely N-dealkylation sites (N-methyl/N-ethyl adjacent to an activating group) is 1. The number of hydrogen-bond acceptors (Lipinski definition) is 4. The summed E-state index contributed by atoms with van der Waals surface area (Å²) in [6.45, 7) is 0.595. The van der Waals surface area contributed by atoms with E-state index >= 15 is 0 Å². The maximum atomic E-state index is 12.2. The molecule has 1 aromatic carbocycles. The Bertz CT molecular complexity index is 584. The lowest BCUT2D eigenvalue weighted by molar-refractivity contribution is -0.119. The minimum absolute atomic E-state index is 0.251. The minimum atomic E-state index is -3.66. The van der Waals surface area contributed by atoms with E-state index in [4.69, 9.17) is 0 Å². The summed E-state index contributed by atoms with van der Waals surface area (Å²) >= 11 is 0. The van der Waals surface area contributed by atoms with Gasteiger partial charge in [-0.05, 0) is 30.5 Å². The molecule has 1 aliphatic heterocycles. The fourth-order valence-electron chi connectivity index (χ4n) is 2.06. The highest BCUT2D eigenvalue weighted by Gasteiger charge is 2.22. The summed E-state index contributed by atoms with van der Waals surface area (Å²) in [6, 6.07) is 5.13. The molecule has 6 nitrogen and oxygen atoms in total. The Kier molecular flexibility index (Phi) is 4.06. The largest absolute Gasteiger partial charge is 0.385 e. The van der Waals surface area contributed by atoms with Gasteiger partial charge < -0.3 is 10.6 Å². The predicted molar refractivity (Wildman–Crippen MR) is 72.5 cm³/mol. The first-order chi connectivity index (χ1) is 9.04. The predicted octanol–water partition coefficient (Wildman–Crippen LogP) is 0.0690. The molecular weight excluding hydrogens is 266 g/mol. The maximum Gasteiger partial charge on any atom is 0.241 e. The van der Waals surface area contributed by atoms with Crippen molar-refractivity contribution in [1.82, 2.24) is 10.0 Å². The Morgan fingerprint density at radius 1 is 1.42 bits per heavy atom. The zero-order chi connectivity index (χ0) is 13.9. The fraction of sp³-hybridized carbons (Fsp3) is 0.417. The number of carbonyl (C=O) groups is 1. The van der Waals surface area contributed by atoms with E-state index in [1.807, 2.05) is 6.07 Å². The molecule has 0 saturated carbocycles. The third-order valence-electron chi connectivity index (χ3n) is 3.04. The molecule has 0 unspecified atom stereocenters. The van der Waals surface area contributed by atoms with Gasteiger partial charge in [0.15, 0.2) is 0 Å². The topological polar surface area (TPSA) is 87.3 Å². The molecule has 0 fully saturated rings. The molecule has 0 bridgehead atoms. The van der Waals surface area contributed by atoms with Gasteiger partial charge in [0.2, 0.25) is 15.9 Å². The van der Waals surface area contributed by atoms with Gasteiger partial charge >= 0.3 is 0 Å². The molecular formula is C12H17N3O3S. The van der Waals surface area contributed by atoms with Crippen LogP contribution in [0.2, 0.25) is 0 Å². The van der Waals surface area contributed by atoms with Gasteiger partial charge in [0.25, 0.3) is 0 Å². The van der Waals surface area contributed by atoms with Crippen LogP contribution < -0.4 is 15.4 Å². The third-order valence-corrected chi connectivity index (χ3v) is 4.53. The second-order valence-electron chi connectivity index (χ2n) is 4.31. The van der Waals surface area contributed by atoms with Gasteiger partial charge in [-0.25, -0.2) is 13.1 Å². The highest BCUT2D eigenvalue weighted by atomic mass is 32.2. The Balaban J connectivity index is 2.28. The van der Waals surface area contributed by atoms with E-state index in [0.717, 1.165) is 30.6 Å². The SMILES string of the molecule is CNC(=O)CNS(=O)(=O)c1cccc2c1CCCN2. The van der Waals surface area contributed by atoms with E-state index in [-0.39, 0.29) is 17.3 Å². The van der Waals surface area contributed by atoms with Gasteiger partial charge in [0, 0.05) is 19.3 Å². The normalized spacial score (nSPS) is 14.4. The summed E-state index contributed by atoms with van der Waals surface area (Å²) in [4.78, 5) is 11.4. The molecule has 0 radical (unpaired) electrons. The molecule has 0 aromatic heterocycles. The highest BCUT2D eigenvalue weighted by Crippen LogP contribution is 2.28. The van der Waals surface area contributed by atoms with E-state index in [0.29, 0.717) is 0 Å². The smallest absolute Gasteiger partial charge is 0.241 e. The van der Waals surface area contributed by atoms with Gasteiger partial charge in [-0.3, -0.25) is 4.79 Å². The molecule has 0 spiro atoms. The van der Waals surface area contributed by atoms with Gasteiger partial charge in [0.05, 0.1) is 11.4 Å².